The summed E-state index contributed by atoms with van der Waals surface area (Å²) in [5, 5.41) is 17.3. The summed E-state index contributed by atoms with van der Waals surface area (Å²) in [5.74, 6) is -0.480. The first-order valence-corrected chi connectivity index (χ1v) is 10.0. The van der Waals surface area contributed by atoms with Crippen molar-refractivity contribution in [2.24, 2.45) is 5.92 Å². The minimum Gasteiger partial charge on any atom is -0.325 e. The van der Waals surface area contributed by atoms with E-state index in [4.69, 9.17) is 0 Å². The second-order valence-corrected chi connectivity index (χ2v) is 8.46. The number of rotatable bonds is 4. The Bertz CT molecular complexity index is 908. The Hall–Kier alpha value is -2.86. The average Bonchev–Trinajstić information content (AvgIpc) is 2.74. The van der Waals surface area contributed by atoms with Crippen molar-refractivity contribution in [1.29, 1.82) is 5.26 Å². The third-order valence-corrected chi connectivity index (χ3v) is 6.73. The quantitative estimate of drug-likeness (QED) is 0.849. The number of hydrogen-bond donors (Lipinski definition) is 1. The van der Waals surface area contributed by atoms with E-state index >= 15 is 4.39 Å². The van der Waals surface area contributed by atoms with Gasteiger partial charge in [0.1, 0.15) is 6.07 Å². The van der Waals surface area contributed by atoms with Crippen molar-refractivity contribution >= 4 is 22.5 Å². The van der Waals surface area contributed by atoms with Gasteiger partial charge in [-0.2, -0.15) is 15.5 Å². The Morgan fingerprint density at radius 3 is 2.68 bits per heavy atom. The topological polar surface area (TPSA) is 99.0 Å². The molecular formula is C19H20FN5O2S. The highest BCUT2D eigenvalue weighted by Crippen LogP contribution is 2.37. The van der Waals surface area contributed by atoms with Gasteiger partial charge in [-0.15, -0.1) is 0 Å². The van der Waals surface area contributed by atoms with E-state index in [1.54, 1.807) is 23.1 Å². The highest BCUT2D eigenvalue weighted by atomic mass is 32.2. The zero-order chi connectivity index (χ0) is 20.1. The van der Waals surface area contributed by atoms with Gasteiger partial charge in [-0.25, -0.2) is 9.18 Å². The summed E-state index contributed by atoms with van der Waals surface area (Å²) in [5.41, 5.74) is 0.749. The number of halogens is 1. The van der Waals surface area contributed by atoms with E-state index in [9.17, 15) is 14.3 Å². The molecule has 3 rings (SSSR count). The van der Waals surface area contributed by atoms with Crippen LogP contribution >= 0.6 is 0 Å². The van der Waals surface area contributed by atoms with Gasteiger partial charge in [-0.1, -0.05) is 12.1 Å². The molecule has 0 saturated carbocycles. The molecule has 9 heteroatoms. The molecule has 0 bridgehead atoms. The van der Waals surface area contributed by atoms with E-state index in [0.29, 0.717) is 31.6 Å². The van der Waals surface area contributed by atoms with Crippen LogP contribution < -0.4 is 5.32 Å². The van der Waals surface area contributed by atoms with Gasteiger partial charge in [-0.3, -0.25) is 4.21 Å². The van der Waals surface area contributed by atoms with Crippen LogP contribution in [0.1, 0.15) is 25.3 Å². The van der Waals surface area contributed by atoms with Crippen molar-refractivity contribution in [2.75, 3.05) is 18.4 Å². The molecule has 2 atom stereocenters. The molecule has 1 aromatic carbocycles. The summed E-state index contributed by atoms with van der Waals surface area (Å²) in [7, 11) is -1.98. The van der Waals surface area contributed by atoms with Crippen LogP contribution in [-0.4, -0.2) is 43.4 Å². The van der Waals surface area contributed by atoms with E-state index in [-0.39, 0.29) is 16.5 Å². The fourth-order valence-corrected chi connectivity index (χ4v) is 4.74. The number of likely N-dealkylation sites (tertiary alicyclic amines) is 1. The maximum absolute atomic E-state index is 15.5. The molecule has 1 fully saturated rings. The Morgan fingerprint density at radius 2 is 2.04 bits per heavy atom. The summed E-state index contributed by atoms with van der Waals surface area (Å²) in [6, 6.07) is 9.67. The molecule has 2 heterocycles. The zero-order valence-corrected chi connectivity index (χ0v) is 16.2. The molecule has 2 unspecified atom stereocenters. The molecule has 0 radical (unpaired) electrons. The molecule has 1 N–H and O–H groups in total. The molecule has 1 aliphatic rings. The van der Waals surface area contributed by atoms with Gasteiger partial charge >= 0.3 is 6.03 Å². The van der Waals surface area contributed by atoms with Crippen LogP contribution in [0.5, 0.6) is 0 Å². The number of alkyl halides is 1. The van der Waals surface area contributed by atoms with Crippen LogP contribution in [-0.2, 0) is 10.8 Å². The number of nitrogens with zero attached hydrogens (tertiary/aromatic N) is 4. The molecule has 146 valence electrons. The van der Waals surface area contributed by atoms with E-state index in [1.165, 1.54) is 31.5 Å². The van der Waals surface area contributed by atoms with E-state index < -0.39 is 21.7 Å². The molecule has 28 heavy (non-hydrogen) atoms. The third-order valence-electron chi connectivity index (χ3n) is 4.92. The van der Waals surface area contributed by atoms with Gasteiger partial charge in [0.15, 0.2) is 5.00 Å². The van der Waals surface area contributed by atoms with Crippen LogP contribution in [0.3, 0.4) is 0 Å². The number of benzene rings is 1. The number of carbonyl (C=O) groups is 1. The maximum atomic E-state index is 15.5. The first kappa shape index (κ1) is 19.9. The standard InChI is InChI=1S/C19H20FN5O2S/c1-19(20,28(27)17-5-3-2-4-14(17)12-21)15-7-10-25(11-8-15)18(26)24-16-6-9-22-23-13-16/h2-6,9,13,15H,7-8,10-11H2,1H3,(H,22,24,26). The summed E-state index contributed by atoms with van der Waals surface area (Å²) >= 11 is 0. The molecule has 0 spiro atoms. The molecule has 2 amide bonds. The molecular weight excluding hydrogens is 381 g/mol. The second-order valence-electron chi connectivity index (χ2n) is 6.69. The monoisotopic (exact) mass is 401 g/mol. The first-order chi connectivity index (χ1) is 13.4. The maximum Gasteiger partial charge on any atom is 0.321 e. The summed E-state index contributed by atoms with van der Waals surface area (Å²) in [6.45, 7) is 2.03. The predicted molar refractivity (Wildman–Crippen MR) is 102 cm³/mol. The number of nitriles is 1. The molecule has 7 nitrogen and oxygen atoms in total. The van der Waals surface area contributed by atoms with Crippen molar-refractivity contribution in [3.8, 4) is 6.07 Å². The number of nitrogens with one attached hydrogen (secondary N) is 1. The summed E-state index contributed by atoms with van der Waals surface area (Å²) in [4.78, 5) is 14.1. The Balaban J connectivity index is 1.64. The summed E-state index contributed by atoms with van der Waals surface area (Å²) in [6.07, 6.45) is 3.69. The lowest BCUT2D eigenvalue weighted by atomic mass is 9.92. The minimum atomic E-state index is -2.00. The van der Waals surface area contributed by atoms with Gasteiger partial charge < -0.3 is 10.2 Å². The number of carbonyl (C=O) groups excluding carboxylic acids is 1. The van der Waals surface area contributed by atoms with Crippen molar-refractivity contribution in [2.45, 2.75) is 29.7 Å². The largest absolute Gasteiger partial charge is 0.325 e. The lowest BCUT2D eigenvalue weighted by Crippen LogP contribution is -2.46. The number of anilines is 1. The van der Waals surface area contributed by atoms with Gasteiger partial charge in [0.05, 0.1) is 39.3 Å². The number of urea groups is 1. The first-order valence-electron chi connectivity index (χ1n) is 8.86. The van der Waals surface area contributed by atoms with Gasteiger partial charge in [0, 0.05) is 19.0 Å². The van der Waals surface area contributed by atoms with Crippen LogP contribution in [0, 0.1) is 17.2 Å². The highest BCUT2D eigenvalue weighted by Gasteiger charge is 2.43. The number of piperidine rings is 1. The van der Waals surface area contributed by atoms with Crippen LogP contribution in [0.25, 0.3) is 0 Å². The van der Waals surface area contributed by atoms with Gasteiger partial charge in [0.2, 0.25) is 0 Å². The van der Waals surface area contributed by atoms with Crippen molar-refractivity contribution in [1.82, 2.24) is 15.1 Å². The Kier molecular flexibility index (Phi) is 5.99. The second kappa shape index (κ2) is 8.44. The third kappa shape index (κ3) is 4.17. The predicted octanol–water partition coefficient (Wildman–Crippen LogP) is 3.09. The normalized spacial score (nSPS) is 18.0. The van der Waals surface area contributed by atoms with Crippen molar-refractivity contribution in [3.05, 3.63) is 48.3 Å². The van der Waals surface area contributed by atoms with Crippen LogP contribution in [0.15, 0.2) is 47.6 Å². The van der Waals surface area contributed by atoms with E-state index in [0.717, 1.165) is 0 Å². The molecule has 1 aliphatic heterocycles. The molecule has 2 aromatic rings. The van der Waals surface area contributed by atoms with Gasteiger partial charge in [-0.05, 0) is 38.0 Å². The molecule has 1 saturated heterocycles. The van der Waals surface area contributed by atoms with E-state index in [1.807, 2.05) is 6.07 Å². The van der Waals surface area contributed by atoms with Gasteiger partial charge in [0.25, 0.3) is 0 Å². The number of amides is 2. The fraction of sp³-hybridized carbons (Fsp3) is 0.368. The zero-order valence-electron chi connectivity index (χ0n) is 15.3. The van der Waals surface area contributed by atoms with E-state index in [2.05, 4.69) is 15.5 Å². The number of hydrogen-bond acceptors (Lipinski definition) is 5. The number of aromatic nitrogens is 2. The highest BCUT2D eigenvalue weighted by molar-refractivity contribution is 7.86. The lowest BCUT2D eigenvalue weighted by molar-refractivity contribution is 0.121. The van der Waals surface area contributed by atoms with Crippen molar-refractivity contribution in [3.63, 3.8) is 0 Å². The SMILES string of the molecule is CC(F)(C1CCN(C(=O)Nc2ccnnc2)CC1)S(=O)c1ccccc1C#N. The Morgan fingerprint density at radius 1 is 1.32 bits per heavy atom. The minimum absolute atomic E-state index is 0.209. The molecule has 0 aliphatic carbocycles. The summed E-state index contributed by atoms with van der Waals surface area (Å²) < 4.78 is 28.4. The fourth-order valence-electron chi connectivity index (χ4n) is 3.25. The van der Waals surface area contributed by atoms with Crippen molar-refractivity contribution < 1.29 is 13.4 Å². The average molecular weight is 401 g/mol. The molecule has 1 aromatic heterocycles. The van der Waals surface area contributed by atoms with Crippen LogP contribution in [0.4, 0.5) is 14.9 Å². The Labute approximate surface area is 165 Å². The van der Waals surface area contributed by atoms with Crippen LogP contribution in [0.2, 0.25) is 0 Å². The lowest BCUT2D eigenvalue weighted by Gasteiger charge is -2.37. The smallest absolute Gasteiger partial charge is 0.321 e.